The van der Waals surface area contributed by atoms with Gasteiger partial charge < -0.3 is 4.90 Å². The summed E-state index contributed by atoms with van der Waals surface area (Å²) in [5.74, 6) is 0.0317. The number of hydrogen-bond donors (Lipinski definition) is 0. The third-order valence-electron chi connectivity index (χ3n) is 5.55. The number of pyridine rings is 1. The lowest BCUT2D eigenvalue weighted by molar-refractivity contribution is -0.130. The van der Waals surface area contributed by atoms with Crippen molar-refractivity contribution in [1.82, 2.24) is 14.2 Å². The fourth-order valence-corrected chi connectivity index (χ4v) is 6.24. The molecule has 0 radical (unpaired) electrons. The maximum absolute atomic E-state index is 13.2. The highest BCUT2D eigenvalue weighted by molar-refractivity contribution is 8.00. The van der Waals surface area contributed by atoms with Crippen LogP contribution in [0.3, 0.4) is 0 Å². The van der Waals surface area contributed by atoms with Gasteiger partial charge in [-0.05, 0) is 44.4 Å². The first kappa shape index (κ1) is 23.8. The molecule has 31 heavy (non-hydrogen) atoms. The van der Waals surface area contributed by atoms with E-state index in [-0.39, 0.29) is 10.8 Å². The van der Waals surface area contributed by atoms with Crippen LogP contribution in [-0.4, -0.2) is 54.7 Å². The van der Waals surface area contributed by atoms with Gasteiger partial charge in [0.1, 0.15) is 10.1 Å². The van der Waals surface area contributed by atoms with Gasteiger partial charge in [0.25, 0.3) is 0 Å². The van der Waals surface area contributed by atoms with Crippen LogP contribution < -0.4 is 0 Å². The number of likely N-dealkylation sites (N-methyl/N-ethyl adjacent to an activating group) is 1. The molecule has 1 unspecified atom stereocenters. The Morgan fingerprint density at radius 2 is 1.68 bits per heavy atom. The second kappa shape index (κ2) is 11.1. The van der Waals surface area contributed by atoms with Gasteiger partial charge in [0.2, 0.25) is 15.9 Å². The van der Waals surface area contributed by atoms with E-state index >= 15 is 0 Å². The average Bonchev–Trinajstić information content (AvgIpc) is 3.09. The number of rotatable bonds is 8. The normalized spacial score (nSPS) is 16.5. The monoisotopic (exact) mass is 461 g/mol. The van der Waals surface area contributed by atoms with Gasteiger partial charge in [-0.25, -0.2) is 13.4 Å². The van der Waals surface area contributed by atoms with E-state index in [4.69, 9.17) is 0 Å². The predicted molar refractivity (Wildman–Crippen MR) is 124 cm³/mol. The Bertz CT molecular complexity index is 938. The number of amides is 1. The van der Waals surface area contributed by atoms with E-state index in [0.717, 1.165) is 31.2 Å². The minimum absolute atomic E-state index is 0.0317. The van der Waals surface area contributed by atoms with E-state index < -0.39 is 15.3 Å². The van der Waals surface area contributed by atoms with E-state index in [1.807, 2.05) is 49.1 Å². The summed E-state index contributed by atoms with van der Waals surface area (Å²) < 4.78 is 27.5. The molecule has 1 atom stereocenters. The molecule has 1 amide bonds. The summed E-state index contributed by atoms with van der Waals surface area (Å²) in [5.41, 5.74) is 0.910. The summed E-state index contributed by atoms with van der Waals surface area (Å²) in [5, 5.41) is 0.200. The summed E-state index contributed by atoms with van der Waals surface area (Å²) in [6.07, 6.45) is 5.36. The van der Waals surface area contributed by atoms with E-state index in [2.05, 4.69) is 4.98 Å². The molecule has 1 fully saturated rings. The quantitative estimate of drug-likeness (QED) is 0.547. The van der Waals surface area contributed by atoms with Crippen molar-refractivity contribution < 1.29 is 13.2 Å². The van der Waals surface area contributed by atoms with E-state index in [9.17, 15) is 13.2 Å². The number of sulfonamides is 1. The summed E-state index contributed by atoms with van der Waals surface area (Å²) in [4.78, 5) is 19.6. The van der Waals surface area contributed by atoms with Crippen molar-refractivity contribution in [2.45, 2.75) is 54.7 Å². The molecule has 0 saturated carbocycles. The van der Waals surface area contributed by atoms with Crippen molar-refractivity contribution in [3.63, 3.8) is 0 Å². The van der Waals surface area contributed by atoms with Crippen LogP contribution >= 0.6 is 11.8 Å². The van der Waals surface area contributed by atoms with E-state index in [1.54, 1.807) is 16.4 Å². The smallest absolute Gasteiger partial charge is 0.244 e. The number of nitrogens with zero attached hydrogens (tertiary/aromatic N) is 3. The first-order valence-corrected chi connectivity index (χ1v) is 13.3. The molecular formula is C23H31N3O3S2. The zero-order chi connectivity index (χ0) is 22.3. The van der Waals surface area contributed by atoms with Gasteiger partial charge in [0.15, 0.2) is 0 Å². The molecule has 1 aromatic heterocycles. The molecule has 0 bridgehead atoms. The maximum Gasteiger partial charge on any atom is 0.244 e. The number of hydrogen-bond acceptors (Lipinski definition) is 5. The van der Waals surface area contributed by atoms with Gasteiger partial charge in [-0.2, -0.15) is 4.31 Å². The Labute approximate surface area is 190 Å². The van der Waals surface area contributed by atoms with Crippen molar-refractivity contribution in [2.24, 2.45) is 0 Å². The molecule has 1 saturated heterocycles. The van der Waals surface area contributed by atoms with Gasteiger partial charge in [-0.3, -0.25) is 4.79 Å². The maximum atomic E-state index is 13.2. The van der Waals surface area contributed by atoms with Gasteiger partial charge in [-0.15, -0.1) is 0 Å². The second-order valence-corrected chi connectivity index (χ2v) is 10.6. The molecule has 6 nitrogen and oxygen atoms in total. The van der Waals surface area contributed by atoms with Crippen molar-refractivity contribution in [3.8, 4) is 0 Å². The molecule has 2 heterocycles. The van der Waals surface area contributed by atoms with Crippen LogP contribution in [0, 0.1) is 0 Å². The Hall–Kier alpha value is -1.90. The SMILES string of the molecule is CCN(CC)C(=O)C(Sc1ccc(S(=O)(=O)N2CCCCCC2)cn1)c1ccccc1. The lowest BCUT2D eigenvalue weighted by Crippen LogP contribution is -2.34. The molecule has 8 heteroatoms. The molecule has 168 valence electrons. The number of carbonyl (C=O) groups is 1. The summed E-state index contributed by atoms with van der Waals surface area (Å²) in [6, 6.07) is 13.0. The summed E-state index contributed by atoms with van der Waals surface area (Å²) >= 11 is 1.36. The lowest BCUT2D eigenvalue weighted by Gasteiger charge is -2.25. The fourth-order valence-electron chi connectivity index (χ4n) is 3.73. The van der Waals surface area contributed by atoms with Crippen molar-refractivity contribution >= 4 is 27.7 Å². The average molecular weight is 462 g/mol. The second-order valence-electron chi connectivity index (χ2n) is 7.57. The molecule has 3 rings (SSSR count). The molecule has 0 spiro atoms. The molecular weight excluding hydrogens is 430 g/mol. The van der Waals surface area contributed by atoms with Crippen molar-refractivity contribution in [3.05, 3.63) is 54.2 Å². The van der Waals surface area contributed by atoms with Crippen LogP contribution in [0.1, 0.15) is 50.3 Å². The summed E-state index contributed by atoms with van der Waals surface area (Å²) in [7, 11) is -3.53. The molecule has 0 aliphatic carbocycles. The van der Waals surface area contributed by atoms with Crippen LogP contribution in [0.2, 0.25) is 0 Å². The van der Waals surface area contributed by atoms with Gasteiger partial charge >= 0.3 is 0 Å². The zero-order valence-corrected chi connectivity index (χ0v) is 19.9. The highest BCUT2D eigenvalue weighted by Gasteiger charge is 2.28. The van der Waals surface area contributed by atoms with Crippen molar-refractivity contribution in [2.75, 3.05) is 26.2 Å². The Kier molecular flexibility index (Phi) is 8.51. The number of thioether (sulfide) groups is 1. The topological polar surface area (TPSA) is 70.6 Å². The van der Waals surface area contributed by atoms with E-state index in [1.165, 1.54) is 18.0 Å². The predicted octanol–water partition coefficient (Wildman–Crippen LogP) is 4.35. The van der Waals surface area contributed by atoms with Gasteiger partial charge in [-0.1, -0.05) is 54.9 Å². The van der Waals surface area contributed by atoms with Crippen LogP contribution in [-0.2, 0) is 14.8 Å². The Balaban J connectivity index is 1.82. The fraction of sp³-hybridized carbons (Fsp3) is 0.478. The number of benzene rings is 1. The lowest BCUT2D eigenvalue weighted by atomic mass is 10.1. The Morgan fingerprint density at radius 3 is 2.23 bits per heavy atom. The molecule has 1 aliphatic rings. The van der Waals surface area contributed by atoms with E-state index in [0.29, 0.717) is 31.2 Å². The third kappa shape index (κ3) is 5.87. The zero-order valence-electron chi connectivity index (χ0n) is 18.2. The standard InChI is InChI=1S/C23H31N3O3S2/c1-3-25(4-2)23(27)22(19-12-8-7-9-13-19)30-21-15-14-20(18-24-21)31(28,29)26-16-10-5-6-11-17-26/h7-9,12-15,18,22H,3-6,10-11,16-17H2,1-2H3. The number of aromatic nitrogens is 1. The van der Waals surface area contributed by atoms with Gasteiger partial charge in [0, 0.05) is 32.4 Å². The molecule has 1 aliphatic heterocycles. The first-order chi connectivity index (χ1) is 15.0. The summed E-state index contributed by atoms with van der Waals surface area (Å²) in [6.45, 7) is 6.34. The minimum Gasteiger partial charge on any atom is -0.342 e. The van der Waals surface area contributed by atoms with Crippen molar-refractivity contribution in [1.29, 1.82) is 0 Å². The van der Waals surface area contributed by atoms with Gasteiger partial charge in [0.05, 0.1) is 5.03 Å². The first-order valence-electron chi connectivity index (χ1n) is 10.9. The largest absolute Gasteiger partial charge is 0.342 e. The van der Waals surface area contributed by atoms with Crippen LogP contribution in [0.25, 0.3) is 0 Å². The molecule has 2 aromatic rings. The number of carbonyl (C=O) groups excluding carboxylic acids is 1. The Morgan fingerprint density at radius 1 is 1.03 bits per heavy atom. The highest BCUT2D eigenvalue weighted by atomic mass is 32.2. The van der Waals surface area contributed by atoms with Crippen LogP contribution in [0.15, 0.2) is 58.6 Å². The highest BCUT2D eigenvalue weighted by Crippen LogP contribution is 2.36. The molecule has 1 aromatic carbocycles. The van der Waals surface area contributed by atoms with Crippen LogP contribution in [0.4, 0.5) is 0 Å². The van der Waals surface area contributed by atoms with Crippen LogP contribution in [0.5, 0.6) is 0 Å². The molecule has 0 N–H and O–H groups in total. The third-order valence-corrected chi connectivity index (χ3v) is 8.63. The minimum atomic E-state index is -3.53.